The third-order valence-corrected chi connectivity index (χ3v) is 3.63. The van der Waals surface area contributed by atoms with Gasteiger partial charge in [-0.1, -0.05) is 12.1 Å². The third kappa shape index (κ3) is 3.52. The fraction of sp³-hybridized carbons (Fsp3) is 0.846. The van der Waals surface area contributed by atoms with E-state index in [9.17, 15) is 0 Å². The second-order valence-corrected chi connectivity index (χ2v) is 4.84. The lowest BCUT2D eigenvalue weighted by molar-refractivity contribution is 0.0714. The van der Waals surface area contributed by atoms with E-state index in [0.717, 1.165) is 31.7 Å². The molecule has 0 aliphatic carbocycles. The standard InChI is InChI=1S/C13H23N3O3/c1-3-13(6-4-7-14-13)12-15-11(16-19-12)5-8-18-10-9-17-2/h14H,3-10H2,1-2H3. The molecule has 1 unspecified atom stereocenters. The van der Waals surface area contributed by atoms with E-state index in [1.165, 1.54) is 0 Å². The molecule has 19 heavy (non-hydrogen) atoms. The fourth-order valence-corrected chi connectivity index (χ4v) is 2.40. The normalized spacial score (nSPS) is 23.1. The van der Waals surface area contributed by atoms with Crippen LogP contribution in [0.25, 0.3) is 0 Å². The number of hydrogen-bond acceptors (Lipinski definition) is 6. The highest BCUT2D eigenvalue weighted by Gasteiger charge is 2.38. The summed E-state index contributed by atoms with van der Waals surface area (Å²) in [7, 11) is 1.66. The van der Waals surface area contributed by atoms with E-state index < -0.39 is 0 Å². The smallest absolute Gasteiger partial charge is 0.246 e. The van der Waals surface area contributed by atoms with Crippen molar-refractivity contribution in [2.75, 3.05) is 33.5 Å². The molecule has 6 nitrogen and oxygen atoms in total. The Morgan fingerprint density at radius 3 is 2.95 bits per heavy atom. The Morgan fingerprint density at radius 2 is 2.26 bits per heavy atom. The summed E-state index contributed by atoms with van der Waals surface area (Å²) in [4.78, 5) is 4.50. The molecule has 1 aromatic heterocycles. The highest BCUT2D eigenvalue weighted by Crippen LogP contribution is 2.32. The van der Waals surface area contributed by atoms with Gasteiger partial charge in [0.2, 0.25) is 5.89 Å². The van der Waals surface area contributed by atoms with Crippen LogP contribution < -0.4 is 5.32 Å². The second kappa shape index (κ2) is 6.98. The summed E-state index contributed by atoms with van der Waals surface area (Å²) >= 11 is 0. The lowest BCUT2D eigenvalue weighted by Crippen LogP contribution is -2.36. The average Bonchev–Trinajstić information content (AvgIpc) is 3.08. The third-order valence-electron chi connectivity index (χ3n) is 3.63. The van der Waals surface area contributed by atoms with Gasteiger partial charge in [-0.05, 0) is 25.8 Å². The minimum Gasteiger partial charge on any atom is -0.382 e. The first-order chi connectivity index (χ1) is 9.30. The van der Waals surface area contributed by atoms with E-state index in [2.05, 4.69) is 22.4 Å². The molecule has 1 aromatic rings. The average molecular weight is 269 g/mol. The van der Waals surface area contributed by atoms with Crippen LogP contribution in [-0.2, 0) is 21.4 Å². The molecular weight excluding hydrogens is 246 g/mol. The molecule has 0 aromatic carbocycles. The quantitative estimate of drug-likeness (QED) is 0.717. The van der Waals surface area contributed by atoms with Crippen LogP contribution in [0.1, 0.15) is 37.9 Å². The topological polar surface area (TPSA) is 69.4 Å². The molecule has 1 fully saturated rings. The predicted molar refractivity (Wildman–Crippen MR) is 69.9 cm³/mol. The summed E-state index contributed by atoms with van der Waals surface area (Å²) in [5.41, 5.74) is -0.109. The van der Waals surface area contributed by atoms with E-state index in [1.807, 2.05) is 0 Å². The van der Waals surface area contributed by atoms with E-state index in [-0.39, 0.29) is 5.54 Å². The molecule has 108 valence electrons. The van der Waals surface area contributed by atoms with Gasteiger partial charge in [-0.2, -0.15) is 4.98 Å². The van der Waals surface area contributed by atoms with Crippen molar-refractivity contribution in [3.63, 3.8) is 0 Å². The van der Waals surface area contributed by atoms with E-state index in [4.69, 9.17) is 14.0 Å². The molecule has 0 saturated carbocycles. The van der Waals surface area contributed by atoms with Gasteiger partial charge in [-0.3, -0.25) is 0 Å². The molecule has 6 heteroatoms. The lowest BCUT2D eigenvalue weighted by atomic mass is 9.94. The number of nitrogens with one attached hydrogen (secondary N) is 1. The van der Waals surface area contributed by atoms with Crippen LogP contribution in [-0.4, -0.2) is 43.6 Å². The fourth-order valence-electron chi connectivity index (χ4n) is 2.40. The van der Waals surface area contributed by atoms with Crippen LogP contribution in [0.2, 0.25) is 0 Å². The van der Waals surface area contributed by atoms with Gasteiger partial charge in [0.15, 0.2) is 5.82 Å². The lowest BCUT2D eigenvalue weighted by Gasteiger charge is -2.22. The molecule has 1 aliphatic rings. The Labute approximate surface area is 113 Å². The van der Waals surface area contributed by atoms with Gasteiger partial charge in [-0.15, -0.1) is 0 Å². The summed E-state index contributed by atoms with van der Waals surface area (Å²) in [5, 5.41) is 7.52. The SMILES string of the molecule is CCC1(c2nc(CCOCCOC)no2)CCCN1. The highest BCUT2D eigenvalue weighted by atomic mass is 16.5. The zero-order valence-corrected chi connectivity index (χ0v) is 11.8. The molecule has 0 radical (unpaired) electrons. The van der Waals surface area contributed by atoms with Crippen LogP contribution in [0, 0.1) is 0 Å². The maximum atomic E-state index is 5.42. The molecule has 2 heterocycles. The molecule has 0 spiro atoms. The zero-order valence-electron chi connectivity index (χ0n) is 11.8. The highest BCUT2D eigenvalue weighted by molar-refractivity contribution is 5.06. The number of rotatable bonds is 8. The number of aromatic nitrogens is 2. The van der Waals surface area contributed by atoms with Crippen molar-refractivity contribution in [3.8, 4) is 0 Å². The molecule has 0 bridgehead atoms. The first-order valence-electron chi connectivity index (χ1n) is 6.95. The summed E-state index contributed by atoms with van der Waals surface area (Å²) in [6, 6.07) is 0. The molecule has 2 rings (SSSR count). The molecule has 1 saturated heterocycles. The first-order valence-corrected chi connectivity index (χ1v) is 6.95. The predicted octanol–water partition coefficient (Wildman–Crippen LogP) is 1.26. The maximum absolute atomic E-state index is 5.42. The zero-order chi connectivity index (χ0) is 13.6. The van der Waals surface area contributed by atoms with Crippen LogP contribution in [0.3, 0.4) is 0 Å². The second-order valence-electron chi connectivity index (χ2n) is 4.84. The number of nitrogens with zero attached hydrogens (tertiary/aromatic N) is 2. The van der Waals surface area contributed by atoms with E-state index in [1.54, 1.807) is 7.11 Å². The largest absolute Gasteiger partial charge is 0.382 e. The molecule has 0 amide bonds. The Kier molecular flexibility index (Phi) is 5.30. The van der Waals surface area contributed by atoms with Gasteiger partial charge >= 0.3 is 0 Å². The van der Waals surface area contributed by atoms with Crippen LogP contribution >= 0.6 is 0 Å². The van der Waals surface area contributed by atoms with Crippen LogP contribution in [0.15, 0.2) is 4.52 Å². The number of methoxy groups -OCH3 is 1. The van der Waals surface area contributed by atoms with Gasteiger partial charge in [0.25, 0.3) is 0 Å². The van der Waals surface area contributed by atoms with Crippen molar-refractivity contribution in [1.29, 1.82) is 0 Å². The van der Waals surface area contributed by atoms with Crippen molar-refractivity contribution in [2.45, 2.75) is 38.1 Å². The summed E-state index contributed by atoms with van der Waals surface area (Å²) in [6.45, 7) is 4.97. The molecule has 1 atom stereocenters. The van der Waals surface area contributed by atoms with E-state index >= 15 is 0 Å². The van der Waals surface area contributed by atoms with Gasteiger partial charge in [-0.25, -0.2) is 0 Å². The van der Waals surface area contributed by atoms with Crippen molar-refractivity contribution in [2.24, 2.45) is 0 Å². The minimum absolute atomic E-state index is 0.109. The minimum atomic E-state index is -0.109. The summed E-state index contributed by atoms with van der Waals surface area (Å²) < 4.78 is 15.7. The number of hydrogen-bond donors (Lipinski definition) is 1. The van der Waals surface area contributed by atoms with Crippen LogP contribution in [0.4, 0.5) is 0 Å². The van der Waals surface area contributed by atoms with Crippen molar-refractivity contribution >= 4 is 0 Å². The van der Waals surface area contributed by atoms with Gasteiger partial charge in [0.1, 0.15) is 0 Å². The molecular formula is C13H23N3O3. The van der Waals surface area contributed by atoms with Gasteiger partial charge in [0, 0.05) is 13.5 Å². The Hall–Kier alpha value is -0.980. The molecule has 1 N–H and O–H groups in total. The van der Waals surface area contributed by atoms with Gasteiger partial charge in [0.05, 0.1) is 25.4 Å². The summed E-state index contributed by atoms with van der Waals surface area (Å²) in [5.74, 6) is 1.44. The van der Waals surface area contributed by atoms with Gasteiger partial charge < -0.3 is 19.3 Å². The number of ether oxygens (including phenoxy) is 2. The van der Waals surface area contributed by atoms with Crippen molar-refractivity contribution in [3.05, 3.63) is 11.7 Å². The van der Waals surface area contributed by atoms with Crippen LogP contribution in [0.5, 0.6) is 0 Å². The van der Waals surface area contributed by atoms with Crippen molar-refractivity contribution < 1.29 is 14.0 Å². The Morgan fingerprint density at radius 1 is 1.37 bits per heavy atom. The van der Waals surface area contributed by atoms with E-state index in [0.29, 0.717) is 32.1 Å². The van der Waals surface area contributed by atoms with Crippen molar-refractivity contribution in [1.82, 2.24) is 15.5 Å². The monoisotopic (exact) mass is 269 g/mol. The Balaban J connectivity index is 1.84. The first kappa shape index (κ1) is 14.4. The maximum Gasteiger partial charge on any atom is 0.246 e. The summed E-state index contributed by atoms with van der Waals surface area (Å²) in [6.07, 6.45) is 3.87. The Bertz CT molecular complexity index is 375. The molecule has 1 aliphatic heterocycles.